The fourth-order valence-electron chi connectivity index (χ4n) is 0.204. The fraction of sp³-hybridized carbons (Fsp3) is 1.00. The van der Waals surface area contributed by atoms with Crippen molar-refractivity contribution >= 4 is 65.7 Å². The zero-order valence-electron chi connectivity index (χ0n) is 5.39. The van der Waals surface area contributed by atoms with Crippen molar-refractivity contribution in [2.75, 3.05) is 11.5 Å². The van der Waals surface area contributed by atoms with Crippen molar-refractivity contribution in [1.82, 2.24) is 0 Å². The number of rotatable bonds is 3. The first-order valence-corrected chi connectivity index (χ1v) is 5.23. The summed E-state index contributed by atoms with van der Waals surface area (Å²) in [6, 6.07) is 0. The molecule has 0 saturated heterocycles. The van der Waals surface area contributed by atoms with E-state index in [0.29, 0.717) is 0 Å². The zero-order valence-corrected chi connectivity index (χ0v) is 10.5. The van der Waals surface area contributed by atoms with Gasteiger partial charge in [-0.2, -0.15) is 0 Å². The van der Waals surface area contributed by atoms with E-state index in [1.807, 2.05) is 0 Å². The molecule has 0 N–H and O–H groups in total. The smallest absolute Gasteiger partial charge is 0.748 e. The van der Waals surface area contributed by atoms with Gasteiger partial charge in [-0.05, 0) is 0 Å². The van der Waals surface area contributed by atoms with E-state index in [4.69, 9.17) is 0 Å². The van der Waals surface area contributed by atoms with Crippen LogP contribution in [0.4, 0.5) is 0 Å². The normalized spacial score (nSPS) is 12.2. The van der Waals surface area contributed by atoms with Crippen LogP contribution in [-0.4, -0.2) is 82.9 Å². The molecule has 0 aromatic carbocycles. The average molecular weight is 276 g/mol. The molecule has 0 amide bonds. The molecule has 0 aliphatic heterocycles. The molecule has 0 unspecified atom stereocenters. The summed E-state index contributed by atoms with van der Waals surface area (Å²) in [5.74, 6) is -2.31. The van der Waals surface area contributed by atoms with Crippen LogP contribution < -0.4 is 0 Å². The van der Waals surface area contributed by atoms with Crippen LogP contribution in [0.1, 0.15) is 0 Å². The maximum absolute atomic E-state index is 9.72. The molecule has 0 aliphatic carbocycles. The van der Waals surface area contributed by atoms with Gasteiger partial charge in [0.2, 0.25) is 0 Å². The van der Waals surface area contributed by atoms with Crippen molar-refractivity contribution in [2.24, 2.45) is 0 Å². The summed E-state index contributed by atoms with van der Waals surface area (Å²) in [4.78, 5) is 0. The quantitative estimate of drug-likeness (QED) is 0.422. The third-order valence-corrected chi connectivity index (χ3v) is 2.25. The largest absolute Gasteiger partial charge is 2.00 e. The van der Waals surface area contributed by atoms with Gasteiger partial charge in [-0.25, -0.2) is 16.8 Å². The summed E-state index contributed by atoms with van der Waals surface area (Å²) in [6.45, 7) is 0. The second-order valence-corrected chi connectivity index (χ2v) is 4.57. The standard InChI is InChI=1S/C2H6O6S2.Sr/c3-9(4,5)1-2-10(6,7)8;/h1-2H2,(H,3,4,5)(H,6,7,8);/q;+2/p-2. The van der Waals surface area contributed by atoms with Crippen LogP contribution in [0, 0.1) is 0 Å². The summed E-state index contributed by atoms with van der Waals surface area (Å²) in [7, 11) is -9.17. The monoisotopic (exact) mass is 276 g/mol. The van der Waals surface area contributed by atoms with Crippen molar-refractivity contribution in [2.45, 2.75) is 0 Å². The Morgan fingerprint density at radius 1 is 0.818 bits per heavy atom. The first kappa shape index (κ1) is 14.8. The second-order valence-electron chi connectivity index (χ2n) is 1.52. The molecule has 0 heterocycles. The maximum atomic E-state index is 9.72. The molecular formula is C2H4O6S2Sr. The Labute approximate surface area is 102 Å². The van der Waals surface area contributed by atoms with Gasteiger partial charge >= 0.3 is 45.5 Å². The van der Waals surface area contributed by atoms with Crippen LogP contribution in [0.5, 0.6) is 0 Å². The summed E-state index contributed by atoms with van der Waals surface area (Å²) < 4.78 is 58.3. The van der Waals surface area contributed by atoms with E-state index >= 15 is 0 Å². The number of hydrogen-bond donors (Lipinski definition) is 0. The van der Waals surface area contributed by atoms with Gasteiger partial charge in [0.15, 0.2) is 0 Å². The van der Waals surface area contributed by atoms with Gasteiger partial charge in [0.25, 0.3) is 0 Å². The summed E-state index contributed by atoms with van der Waals surface area (Å²) in [5, 5.41) is 0. The molecule has 11 heavy (non-hydrogen) atoms. The third kappa shape index (κ3) is 14.2. The Balaban J connectivity index is 0. The summed E-state index contributed by atoms with van der Waals surface area (Å²) in [5.41, 5.74) is 0. The van der Waals surface area contributed by atoms with Crippen LogP contribution in [0.3, 0.4) is 0 Å². The minimum atomic E-state index is -4.59. The van der Waals surface area contributed by atoms with E-state index < -0.39 is 31.7 Å². The van der Waals surface area contributed by atoms with Gasteiger partial charge in [0.1, 0.15) is 0 Å². The van der Waals surface area contributed by atoms with Gasteiger partial charge < -0.3 is 9.11 Å². The Kier molecular flexibility index (Phi) is 6.89. The summed E-state index contributed by atoms with van der Waals surface area (Å²) in [6.07, 6.45) is 0. The molecule has 0 rings (SSSR count). The molecule has 0 aromatic rings. The van der Waals surface area contributed by atoms with Gasteiger partial charge in [-0.3, -0.25) is 0 Å². The molecule has 0 spiro atoms. The molecule has 0 aliphatic rings. The molecular weight excluding hydrogens is 272 g/mol. The maximum Gasteiger partial charge on any atom is 2.00 e. The zero-order chi connectivity index (χ0) is 8.41. The van der Waals surface area contributed by atoms with Crippen molar-refractivity contribution in [1.29, 1.82) is 0 Å². The van der Waals surface area contributed by atoms with Crippen molar-refractivity contribution < 1.29 is 25.9 Å². The van der Waals surface area contributed by atoms with Crippen molar-refractivity contribution in [3.05, 3.63) is 0 Å². The fourth-order valence-corrected chi connectivity index (χ4v) is 1.84. The first-order valence-electron chi connectivity index (χ1n) is 2.08. The Bertz CT molecular complexity index is 255. The van der Waals surface area contributed by atoms with Crippen molar-refractivity contribution in [3.63, 3.8) is 0 Å². The molecule has 6 nitrogen and oxygen atoms in total. The summed E-state index contributed by atoms with van der Waals surface area (Å²) >= 11 is 0. The Morgan fingerprint density at radius 3 is 1.09 bits per heavy atom. The average Bonchev–Trinajstić information content (AvgIpc) is 1.57. The molecule has 0 aromatic heterocycles. The van der Waals surface area contributed by atoms with E-state index in [2.05, 4.69) is 0 Å². The molecule has 0 fully saturated rings. The molecule has 0 saturated carbocycles. The van der Waals surface area contributed by atoms with Crippen LogP contribution in [0.2, 0.25) is 0 Å². The van der Waals surface area contributed by atoms with Crippen LogP contribution in [0.15, 0.2) is 0 Å². The SMILES string of the molecule is O=S(=O)([O-])CCS(=O)(=O)[O-].[Sr+2]. The van der Waals surface area contributed by atoms with Crippen molar-refractivity contribution in [3.8, 4) is 0 Å². The van der Waals surface area contributed by atoms with E-state index in [0.717, 1.165) is 0 Å². The number of hydrogen-bond acceptors (Lipinski definition) is 6. The van der Waals surface area contributed by atoms with E-state index in [1.54, 1.807) is 0 Å². The Hall–Kier alpha value is 1.30. The van der Waals surface area contributed by atoms with E-state index in [-0.39, 0.29) is 45.5 Å². The minimum Gasteiger partial charge on any atom is -0.748 e. The molecule has 9 heteroatoms. The second kappa shape index (κ2) is 5.12. The molecule has 0 atom stereocenters. The third-order valence-electron chi connectivity index (χ3n) is 0.583. The topological polar surface area (TPSA) is 114 Å². The predicted molar refractivity (Wildman–Crippen MR) is 34.9 cm³/mol. The minimum absolute atomic E-state index is 0. The molecule has 0 bridgehead atoms. The van der Waals surface area contributed by atoms with E-state index in [9.17, 15) is 25.9 Å². The predicted octanol–water partition coefficient (Wildman–Crippen LogP) is -2.30. The van der Waals surface area contributed by atoms with Crippen LogP contribution in [-0.2, 0) is 20.2 Å². The van der Waals surface area contributed by atoms with Crippen LogP contribution >= 0.6 is 0 Å². The first-order chi connectivity index (χ1) is 4.21. The van der Waals surface area contributed by atoms with Gasteiger partial charge in [0, 0.05) is 0 Å². The van der Waals surface area contributed by atoms with Gasteiger partial charge in [-0.1, -0.05) is 0 Å². The molecule has 0 radical (unpaired) electrons. The van der Waals surface area contributed by atoms with Crippen LogP contribution in [0.25, 0.3) is 0 Å². The Morgan fingerprint density at radius 2 is 1.00 bits per heavy atom. The van der Waals surface area contributed by atoms with E-state index in [1.165, 1.54) is 0 Å². The van der Waals surface area contributed by atoms with Gasteiger partial charge in [0.05, 0.1) is 31.7 Å². The molecule has 62 valence electrons. The van der Waals surface area contributed by atoms with Gasteiger partial charge in [-0.15, -0.1) is 0 Å².